The van der Waals surface area contributed by atoms with Crippen LogP contribution < -0.4 is 19.7 Å². The Labute approximate surface area is 209 Å². The number of methoxy groups -OCH3 is 1. The van der Waals surface area contributed by atoms with Gasteiger partial charge in [0.15, 0.2) is 11.6 Å². The predicted octanol–water partition coefficient (Wildman–Crippen LogP) is 5.16. The van der Waals surface area contributed by atoms with E-state index in [1.807, 2.05) is 12.1 Å². The number of alkyl halides is 3. The summed E-state index contributed by atoms with van der Waals surface area (Å²) in [6, 6.07) is 7.29. The quantitative estimate of drug-likeness (QED) is 0.426. The van der Waals surface area contributed by atoms with Crippen LogP contribution in [0.1, 0.15) is 12.8 Å². The van der Waals surface area contributed by atoms with Gasteiger partial charge in [-0.05, 0) is 42.9 Å². The van der Waals surface area contributed by atoms with E-state index in [9.17, 15) is 17.6 Å². The van der Waals surface area contributed by atoms with Gasteiger partial charge in [-0.2, -0.15) is 18.2 Å². The largest absolute Gasteiger partial charge is 0.481 e. The Balaban J connectivity index is 1.35. The molecule has 0 spiro atoms. The standard InChI is InChI=1S/C23H23ClF4N6O2/c1-35-18-9-15(7-8-29-18)33-10-13-5-6-14(11-33)20(13)30-21-31-22(34(32-21)12-23(26,27)28)36-17-4-2-3-16(24)19(17)25/h2-4,7-9,13-14,20H,5-6,10-12H2,1H3,(H,30,32)/t13-,14+,20?. The summed E-state index contributed by atoms with van der Waals surface area (Å²) in [5.74, 6) is -0.250. The number of piperidine rings is 1. The molecule has 1 aliphatic heterocycles. The fourth-order valence-electron chi connectivity index (χ4n) is 4.92. The summed E-state index contributed by atoms with van der Waals surface area (Å²) >= 11 is 5.77. The molecule has 8 nitrogen and oxygen atoms in total. The van der Waals surface area contributed by atoms with Crippen LogP contribution in [-0.2, 0) is 6.54 Å². The van der Waals surface area contributed by atoms with Gasteiger partial charge in [0.05, 0.1) is 12.1 Å². The Morgan fingerprint density at radius 3 is 2.61 bits per heavy atom. The average molecular weight is 527 g/mol. The second-order valence-electron chi connectivity index (χ2n) is 8.87. The molecule has 0 amide bonds. The Morgan fingerprint density at radius 1 is 1.17 bits per heavy atom. The van der Waals surface area contributed by atoms with Crippen LogP contribution in [0.15, 0.2) is 36.5 Å². The van der Waals surface area contributed by atoms with Gasteiger partial charge in [-0.1, -0.05) is 17.7 Å². The molecule has 1 aromatic carbocycles. The number of aromatic nitrogens is 4. The molecule has 36 heavy (non-hydrogen) atoms. The van der Waals surface area contributed by atoms with E-state index in [2.05, 4.69) is 25.3 Å². The van der Waals surface area contributed by atoms with E-state index in [0.717, 1.165) is 31.6 Å². The number of ether oxygens (including phenoxy) is 2. The van der Waals surface area contributed by atoms with Gasteiger partial charge >= 0.3 is 12.2 Å². The van der Waals surface area contributed by atoms with Crippen molar-refractivity contribution in [1.29, 1.82) is 0 Å². The summed E-state index contributed by atoms with van der Waals surface area (Å²) in [6.07, 6.45) is -0.962. The van der Waals surface area contributed by atoms with Gasteiger partial charge < -0.3 is 19.7 Å². The fraction of sp³-hybridized carbons (Fsp3) is 0.435. The van der Waals surface area contributed by atoms with Gasteiger partial charge in [0, 0.05) is 37.1 Å². The first-order valence-corrected chi connectivity index (χ1v) is 11.7. The lowest BCUT2D eigenvalue weighted by Gasteiger charge is -2.39. The number of nitrogens with zero attached hydrogens (tertiary/aromatic N) is 5. The number of pyridine rings is 1. The van der Waals surface area contributed by atoms with Crippen LogP contribution >= 0.6 is 11.6 Å². The van der Waals surface area contributed by atoms with Crippen LogP contribution in [0.25, 0.3) is 0 Å². The molecule has 13 heteroatoms. The molecule has 1 saturated carbocycles. The van der Waals surface area contributed by atoms with Gasteiger partial charge in [-0.15, -0.1) is 5.10 Å². The first-order chi connectivity index (χ1) is 17.2. The van der Waals surface area contributed by atoms with E-state index in [0.29, 0.717) is 10.6 Å². The molecule has 0 radical (unpaired) electrons. The topological polar surface area (TPSA) is 77.3 Å². The van der Waals surface area contributed by atoms with Crippen molar-refractivity contribution in [2.75, 3.05) is 30.4 Å². The van der Waals surface area contributed by atoms with Gasteiger partial charge in [-0.3, -0.25) is 0 Å². The van der Waals surface area contributed by atoms with Gasteiger partial charge in [0.2, 0.25) is 11.8 Å². The third-order valence-electron chi connectivity index (χ3n) is 6.51. The summed E-state index contributed by atoms with van der Waals surface area (Å²) in [6.45, 7) is 0.0672. The van der Waals surface area contributed by atoms with Crippen molar-refractivity contribution in [3.63, 3.8) is 0 Å². The molecule has 3 heterocycles. The van der Waals surface area contributed by atoms with E-state index in [-0.39, 0.29) is 34.6 Å². The second kappa shape index (κ2) is 9.64. The van der Waals surface area contributed by atoms with Crippen molar-refractivity contribution in [2.45, 2.75) is 31.6 Å². The zero-order chi connectivity index (χ0) is 25.4. The number of hydrogen-bond acceptors (Lipinski definition) is 7. The molecule has 2 bridgehead atoms. The van der Waals surface area contributed by atoms with E-state index in [1.165, 1.54) is 18.2 Å². The van der Waals surface area contributed by atoms with E-state index in [4.69, 9.17) is 21.1 Å². The summed E-state index contributed by atoms with van der Waals surface area (Å²) in [4.78, 5) is 10.5. The maximum absolute atomic E-state index is 14.3. The lowest BCUT2D eigenvalue weighted by molar-refractivity contribution is -0.143. The smallest absolute Gasteiger partial charge is 0.408 e. The lowest BCUT2D eigenvalue weighted by atomic mass is 9.92. The van der Waals surface area contributed by atoms with E-state index < -0.39 is 24.5 Å². The zero-order valence-electron chi connectivity index (χ0n) is 19.2. The molecule has 2 aromatic heterocycles. The lowest BCUT2D eigenvalue weighted by Crippen LogP contribution is -2.48. The van der Waals surface area contributed by atoms with Crippen molar-refractivity contribution < 1.29 is 27.0 Å². The molecule has 5 rings (SSSR count). The monoisotopic (exact) mass is 526 g/mol. The number of benzene rings is 1. The van der Waals surface area contributed by atoms with Crippen molar-refractivity contribution >= 4 is 23.2 Å². The van der Waals surface area contributed by atoms with Crippen molar-refractivity contribution in [2.24, 2.45) is 11.8 Å². The van der Waals surface area contributed by atoms with Crippen LogP contribution in [-0.4, -0.2) is 52.2 Å². The molecule has 1 aliphatic carbocycles. The summed E-state index contributed by atoms with van der Waals surface area (Å²) in [5, 5.41) is 6.99. The van der Waals surface area contributed by atoms with Crippen LogP contribution in [0.3, 0.4) is 0 Å². The Morgan fingerprint density at radius 2 is 1.92 bits per heavy atom. The molecule has 3 atom stereocenters. The molecule has 2 aliphatic rings. The normalized spacial score (nSPS) is 21.5. The molecule has 192 valence electrons. The zero-order valence-corrected chi connectivity index (χ0v) is 19.9. The highest BCUT2D eigenvalue weighted by Crippen LogP contribution is 2.40. The highest BCUT2D eigenvalue weighted by atomic mass is 35.5. The average Bonchev–Trinajstić information content (AvgIpc) is 3.29. The van der Waals surface area contributed by atoms with E-state index >= 15 is 0 Å². The van der Waals surface area contributed by atoms with Crippen molar-refractivity contribution in [3.05, 3.63) is 47.4 Å². The maximum atomic E-state index is 14.3. The van der Waals surface area contributed by atoms with Gasteiger partial charge in [-0.25, -0.2) is 14.1 Å². The molecule has 3 aromatic rings. The number of nitrogens with one attached hydrogen (secondary N) is 1. The van der Waals surface area contributed by atoms with Gasteiger partial charge in [0.25, 0.3) is 0 Å². The number of hydrogen-bond donors (Lipinski definition) is 1. The van der Waals surface area contributed by atoms with Gasteiger partial charge in [0.1, 0.15) is 6.54 Å². The van der Waals surface area contributed by atoms with Crippen LogP contribution in [0.2, 0.25) is 5.02 Å². The molecule has 1 N–H and O–H groups in total. The SMILES string of the molecule is COc1cc(N2C[C@H]3CC[C@@H](C2)C3Nc2nc(Oc3cccc(Cl)c3F)n(CC(F)(F)F)n2)ccn1. The van der Waals surface area contributed by atoms with Crippen LogP contribution in [0.4, 0.5) is 29.2 Å². The summed E-state index contributed by atoms with van der Waals surface area (Å²) in [5.41, 5.74) is 1.00. The Hall–Kier alpha value is -3.28. The maximum Gasteiger partial charge on any atom is 0.408 e. The number of fused-ring (bicyclic) bond motifs is 2. The highest BCUT2D eigenvalue weighted by Gasteiger charge is 2.43. The molecule has 1 unspecified atom stereocenters. The van der Waals surface area contributed by atoms with Crippen LogP contribution in [0, 0.1) is 17.7 Å². The predicted molar refractivity (Wildman–Crippen MR) is 124 cm³/mol. The fourth-order valence-corrected chi connectivity index (χ4v) is 5.09. The first kappa shape index (κ1) is 24.4. The number of halogens is 5. The third kappa shape index (κ3) is 5.13. The second-order valence-corrected chi connectivity index (χ2v) is 9.28. The van der Waals surface area contributed by atoms with Crippen molar-refractivity contribution in [1.82, 2.24) is 19.7 Å². The highest BCUT2D eigenvalue weighted by molar-refractivity contribution is 6.30. The van der Waals surface area contributed by atoms with E-state index in [1.54, 1.807) is 13.3 Å². The molecule has 2 fully saturated rings. The Bertz CT molecular complexity index is 1230. The number of anilines is 2. The molecular weight excluding hydrogens is 504 g/mol. The minimum atomic E-state index is -4.58. The minimum Gasteiger partial charge on any atom is -0.481 e. The molecule has 1 saturated heterocycles. The summed E-state index contributed by atoms with van der Waals surface area (Å²) in [7, 11) is 1.57. The van der Waals surface area contributed by atoms with Crippen LogP contribution in [0.5, 0.6) is 17.6 Å². The van der Waals surface area contributed by atoms with Crippen molar-refractivity contribution in [3.8, 4) is 17.6 Å². The summed E-state index contributed by atoms with van der Waals surface area (Å²) < 4.78 is 65.0. The third-order valence-corrected chi connectivity index (χ3v) is 6.80. The Kier molecular flexibility index (Phi) is 6.54. The number of rotatable bonds is 7. The minimum absolute atomic E-state index is 0.00221. The molecular formula is C23H23ClF4N6O2. The first-order valence-electron chi connectivity index (χ1n) is 11.3.